The predicted octanol–water partition coefficient (Wildman–Crippen LogP) is 5.27. The third-order valence-electron chi connectivity index (χ3n) is 4.03. The molecule has 2 aromatic carbocycles. The molecule has 2 N–H and O–H groups in total. The van der Waals surface area contributed by atoms with E-state index in [1.807, 2.05) is 18.2 Å². The van der Waals surface area contributed by atoms with Crippen molar-refractivity contribution in [1.82, 2.24) is 15.2 Å². The van der Waals surface area contributed by atoms with Crippen molar-refractivity contribution < 1.29 is 0 Å². The summed E-state index contributed by atoms with van der Waals surface area (Å²) >= 11 is 0. The Labute approximate surface area is 154 Å². The molecule has 1 heterocycles. The number of nitrogens with one attached hydrogen (secondary N) is 2. The zero-order valence-electron chi connectivity index (χ0n) is 16.0. The second-order valence-corrected chi connectivity index (χ2v) is 7.59. The summed E-state index contributed by atoms with van der Waals surface area (Å²) in [5.41, 5.74) is 5.61. The smallest absolute Gasteiger partial charge is 0.249 e. The first-order valence-corrected chi connectivity index (χ1v) is 8.73. The van der Waals surface area contributed by atoms with E-state index in [-0.39, 0.29) is 5.41 Å². The quantitative estimate of drug-likeness (QED) is 0.673. The lowest BCUT2D eigenvalue weighted by molar-refractivity contribution is 0.592. The zero-order chi connectivity index (χ0) is 18.7. The van der Waals surface area contributed by atoms with Gasteiger partial charge in [0.2, 0.25) is 5.95 Å². The number of nitrogens with zero attached hydrogens (tertiary/aromatic N) is 3. The van der Waals surface area contributed by atoms with Crippen LogP contribution in [0.15, 0.2) is 48.7 Å². The second-order valence-electron chi connectivity index (χ2n) is 7.59. The molecule has 3 rings (SSSR count). The third-order valence-corrected chi connectivity index (χ3v) is 4.03. The summed E-state index contributed by atoms with van der Waals surface area (Å²) < 4.78 is 0. The van der Waals surface area contributed by atoms with E-state index >= 15 is 0 Å². The summed E-state index contributed by atoms with van der Waals surface area (Å²) in [6.07, 6.45) is 1.62. The van der Waals surface area contributed by atoms with E-state index < -0.39 is 0 Å². The Morgan fingerprint density at radius 2 is 1.58 bits per heavy atom. The number of hydrogen-bond donors (Lipinski definition) is 2. The van der Waals surface area contributed by atoms with Crippen LogP contribution in [0.4, 0.5) is 23.1 Å². The molecule has 0 saturated carbocycles. The van der Waals surface area contributed by atoms with Crippen LogP contribution in [-0.2, 0) is 5.41 Å². The van der Waals surface area contributed by atoms with Gasteiger partial charge in [-0.25, -0.2) is 0 Å². The van der Waals surface area contributed by atoms with Crippen LogP contribution in [0.1, 0.15) is 37.5 Å². The van der Waals surface area contributed by atoms with Gasteiger partial charge in [0.25, 0.3) is 0 Å². The van der Waals surface area contributed by atoms with Crippen LogP contribution in [0.2, 0.25) is 0 Å². The van der Waals surface area contributed by atoms with E-state index in [1.54, 1.807) is 6.20 Å². The number of hydrogen-bond acceptors (Lipinski definition) is 5. The number of benzene rings is 2. The van der Waals surface area contributed by atoms with Crippen LogP contribution in [0, 0.1) is 13.8 Å². The van der Waals surface area contributed by atoms with E-state index in [2.05, 4.69) is 84.7 Å². The molecule has 0 aliphatic carbocycles. The van der Waals surface area contributed by atoms with Gasteiger partial charge in [0.1, 0.15) is 0 Å². The van der Waals surface area contributed by atoms with E-state index in [0.717, 1.165) is 11.4 Å². The average molecular weight is 347 g/mol. The Bertz CT molecular complexity index is 892. The average Bonchev–Trinajstić information content (AvgIpc) is 2.53. The van der Waals surface area contributed by atoms with Gasteiger partial charge in [-0.05, 0) is 54.2 Å². The molecule has 134 valence electrons. The molecule has 0 aliphatic rings. The molecule has 3 aromatic rings. The van der Waals surface area contributed by atoms with Crippen LogP contribution in [-0.4, -0.2) is 15.2 Å². The fourth-order valence-electron chi connectivity index (χ4n) is 2.98. The minimum atomic E-state index is 0.0198. The molecular formula is C21H25N5. The lowest BCUT2D eigenvalue weighted by Gasteiger charge is -2.22. The molecule has 0 spiro atoms. The summed E-state index contributed by atoms with van der Waals surface area (Å²) in [4.78, 5) is 4.55. The van der Waals surface area contributed by atoms with Crippen molar-refractivity contribution in [2.45, 2.75) is 40.0 Å². The van der Waals surface area contributed by atoms with Gasteiger partial charge in [-0.1, -0.05) is 45.0 Å². The van der Waals surface area contributed by atoms with Gasteiger partial charge < -0.3 is 10.6 Å². The first-order valence-electron chi connectivity index (χ1n) is 8.73. The molecule has 0 atom stereocenters. The minimum Gasteiger partial charge on any atom is -0.339 e. The number of rotatable bonds is 4. The summed E-state index contributed by atoms with van der Waals surface area (Å²) in [7, 11) is 0. The fourth-order valence-corrected chi connectivity index (χ4v) is 2.98. The Hall–Kier alpha value is -2.95. The molecule has 0 radical (unpaired) electrons. The summed E-state index contributed by atoms with van der Waals surface area (Å²) in [6, 6.07) is 14.5. The van der Waals surface area contributed by atoms with Crippen LogP contribution >= 0.6 is 0 Å². The normalized spacial score (nSPS) is 11.3. The zero-order valence-corrected chi connectivity index (χ0v) is 16.0. The Balaban J connectivity index is 1.85. The molecule has 1 aromatic heterocycles. The standard InChI is InChI=1S/C21H25N5/c1-14-10-15(2)12-16(11-14)23-19-13-22-26-20(25-19)24-18-9-7-6-8-17(18)21(3,4)5/h6-13H,1-5H3,(H2,23,24,25,26). The third kappa shape index (κ3) is 4.36. The lowest BCUT2D eigenvalue weighted by Crippen LogP contribution is -2.14. The number of aromatic nitrogens is 3. The van der Waals surface area contributed by atoms with Gasteiger partial charge in [-0.15, -0.1) is 5.10 Å². The van der Waals surface area contributed by atoms with Crippen molar-refractivity contribution in [2.75, 3.05) is 10.6 Å². The lowest BCUT2D eigenvalue weighted by atomic mass is 9.86. The molecule has 0 amide bonds. The number of aryl methyl sites for hydroxylation is 2. The monoisotopic (exact) mass is 347 g/mol. The van der Waals surface area contributed by atoms with E-state index in [0.29, 0.717) is 11.8 Å². The highest BCUT2D eigenvalue weighted by molar-refractivity contribution is 5.62. The minimum absolute atomic E-state index is 0.0198. The van der Waals surface area contributed by atoms with Gasteiger partial charge in [-0.2, -0.15) is 10.1 Å². The molecule has 0 bridgehead atoms. The van der Waals surface area contributed by atoms with Crippen molar-refractivity contribution >= 4 is 23.1 Å². The first-order chi connectivity index (χ1) is 12.3. The molecule has 5 nitrogen and oxygen atoms in total. The Morgan fingerprint density at radius 3 is 2.27 bits per heavy atom. The topological polar surface area (TPSA) is 62.7 Å². The van der Waals surface area contributed by atoms with E-state index in [4.69, 9.17) is 0 Å². The molecule has 0 aliphatic heterocycles. The van der Waals surface area contributed by atoms with Crippen LogP contribution in [0.25, 0.3) is 0 Å². The highest BCUT2D eigenvalue weighted by atomic mass is 15.3. The molecule has 0 saturated heterocycles. The van der Waals surface area contributed by atoms with E-state index in [9.17, 15) is 0 Å². The largest absolute Gasteiger partial charge is 0.339 e. The molecule has 5 heteroatoms. The highest BCUT2D eigenvalue weighted by Crippen LogP contribution is 2.30. The van der Waals surface area contributed by atoms with Gasteiger partial charge >= 0.3 is 0 Å². The molecule has 0 unspecified atom stereocenters. The summed E-state index contributed by atoms with van der Waals surface area (Å²) in [5.74, 6) is 1.12. The van der Waals surface area contributed by atoms with Crippen LogP contribution in [0.3, 0.4) is 0 Å². The van der Waals surface area contributed by atoms with Crippen LogP contribution < -0.4 is 10.6 Å². The Morgan fingerprint density at radius 1 is 0.885 bits per heavy atom. The SMILES string of the molecule is Cc1cc(C)cc(Nc2cnnc(Nc3ccccc3C(C)(C)C)n2)c1. The van der Waals surface area contributed by atoms with Gasteiger partial charge in [0.05, 0.1) is 6.20 Å². The fraction of sp³-hybridized carbons (Fsp3) is 0.286. The van der Waals surface area contributed by atoms with Gasteiger partial charge in [0.15, 0.2) is 5.82 Å². The van der Waals surface area contributed by atoms with Gasteiger partial charge in [-0.3, -0.25) is 0 Å². The van der Waals surface area contributed by atoms with Crippen molar-refractivity contribution in [3.05, 3.63) is 65.4 Å². The van der Waals surface area contributed by atoms with Crippen molar-refractivity contribution in [2.24, 2.45) is 0 Å². The summed E-state index contributed by atoms with van der Waals surface area (Å²) in [6.45, 7) is 10.7. The second kappa shape index (κ2) is 7.12. The predicted molar refractivity (Wildman–Crippen MR) is 107 cm³/mol. The number of para-hydroxylation sites is 1. The maximum atomic E-state index is 4.55. The van der Waals surface area contributed by atoms with Crippen molar-refractivity contribution in [1.29, 1.82) is 0 Å². The number of anilines is 4. The molecular weight excluding hydrogens is 322 g/mol. The summed E-state index contributed by atoms with van der Waals surface area (Å²) in [5, 5.41) is 14.8. The highest BCUT2D eigenvalue weighted by Gasteiger charge is 2.18. The van der Waals surface area contributed by atoms with Crippen molar-refractivity contribution in [3.63, 3.8) is 0 Å². The molecule has 0 fully saturated rings. The van der Waals surface area contributed by atoms with Gasteiger partial charge in [0, 0.05) is 11.4 Å². The maximum Gasteiger partial charge on any atom is 0.249 e. The van der Waals surface area contributed by atoms with Crippen molar-refractivity contribution in [3.8, 4) is 0 Å². The van der Waals surface area contributed by atoms with E-state index in [1.165, 1.54) is 16.7 Å². The molecule has 26 heavy (non-hydrogen) atoms. The maximum absolute atomic E-state index is 4.55. The van der Waals surface area contributed by atoms with Crippen LogP contribution in [0.5, 0.6) is 0 Å². The first kappa shape index (κ1) is 17.9. The Kier molecular flexibility index (Phi) is 4.89.